The van der Waals surface area contributed by atoms with Crippen molar-refractivity contribution in [3.05, 3.63) is 85.2 Å². The van der Waals surface area contributed by atoms with E-state index in [1.807, 2.05) is 42.3 Å². The molecular weight excluding hydrogens is 376 g/mol. The fraction of sp³-hybridized carbons (Fsp3) is 0.0417. The van der Waals surface area contributed by atoms with Crippen molar-refractivity contribution in [1.29, 1.82) is 0 Å². The van der Waals surface area contributed by atoms with Crippen molar-refractivity contribution in [3.8, 4) is 0 Å². The van der Waals surface area contributed by atoms with Crippen molar-refractivity contribution in [2.75, 3.05) is 17.3 Å². The third-order valence-electron chi connectivity index (χ3n) is 5.12. The minimum absolute atomic E-state index is 0.607. The van der Waals surface area contributed by atoms with Gasteiger partial charge in [0.1, 0.15) is 0 Å². The lowest BCUT2D eigenvalue weighted by molar-refractivity contribution is 1.28. The Balaban J connectivity index is 1.53. The molecule has 4 nitrogen and oxygen atoms in total. The number of nitrogens with zero attached hydrogens (tertiary/aromatic N) is 3. The first-order chi connectivity index (χ1) is 14.2. The van der Waals surface area contributed by atoms with Gasteiger partial charge in [-0.25, -0.2) is 0 Å². The molecule has 5 aromatic rings. The lowest BCUT2D eigenvalue weighted by Crippen LogP contribution is -2.31. The van der Waals surface area contributed by atoms with Gasteiger partial charge < -0.3 is 10.2 Å². The summed E-state index contributed by atoms with van der Waals surface area (Å²) < 4.78 is 0. The van der Waals surface area contributed by atoms with Crippen molar-refractivity contribution in [3.63, 3.8) is 0 Å². The molecule has 0 aliphatic rings. The zero-order chi connectivity index (χ0) is 19.8. The van der Waals surface area contributed by atoms with Crippen LogP contribution in [0, 0.1) is 0 Å². The van der Waals surface area contributed by atoms with Crippen molar-refractivity contribution in [1.82, 2.24) is 9.97 Å². The Morgan fingerprint density at radius 3 is 2.38 bits per heavy atom. The molecule has 0 aliphatic heterocycles. The van der Waals surface area contributed by atoms with Gasteiger partial charge in [0.25, 0.3) is 0 Å². The third kappa shape index (κ3) is 3.15. The van der Waals surface area contributed by atoms with Crippen LogP contribution in [0.2, 0.25) is 0 Å². The topological polar surface area (TPSA) is 41.0 Å². The second-order valence-corrected chi connectivity index (χ2v) is 7.31. The number of nitrogens with one attached hydrogen (secondary N) is 1. The molecule has 0 saturated heterocycles. The smallest absolute Gasteiger partial charge is 0.177 e. The molecule has 1 N–H and O–H groups in total. The highest BCUT2D eigenvalue weighted by molar-refractivity contribution is 7.80. The molecule has 0 atom stereocenters. The Labute approximate surface area is 173 Å². The molecule has 3 aromatic carbocycles. The predicted octanol–water partition coefficient (Wildman–Crippen LogP) is 5.77. The van der Waals surface area contributed by atoms with Gasteiger partial charge in [0.05, 0.1) is 16.7 Å². The van der Waals surface area contributed by atoms with Gasteiger partial charge in [0, 0.05) is 35.9 Å². The minimum atomic E-state index is 0.607. The summed E-state index contributed by atoms with van der Waals surface area (Å²) in [5, 5.41) is 8.44. The lowest BCUT2D eigenvalue weighted by atomic mass is 10.1. The quantitative estimate of drug-likeness (QED) is 0.304. The minimum Gasteiger partial charge on any atom is -0.330 e. The third-order valence-corrected chi connectivity index (χ3v) is 5.50. The van der Waals surface area contributed by atoms with E-state index in [9.17, 15) is 0 Å². The van der Waals surface area contributed by atoms with E-state index in [-0.39, 0.29) is 0 Å². The molecule has 0 spiro atoms. The summed E-state index contributed by atoms with van der Waals surface area (Å²) in [5.41, 5.74) is 3.70. The fourth-order valence-corrected chi connectivity index (χ4v) is 3.81. The van der Waals surface area contributed by atoms with Crippen LogP contribution in [-0.4, -0.2) is 22.1 Å². The molecule has 0 radical (unpaired) electrons. The molecule has 29 heavy (non-hydrogen) atoms. The van der Waals surface area contributed by atoms with Crippen LogP contribution in [0.4, 0.5) is 11.4 Å². The van der Waals surface area contributed by atoms with Gasteiger partial charge in [-0.3, -0.25) is 9.97 Å². The van der Waals surface area contributed by atoms with Gasteiger partial charge in [-0.15, -0.1) is 0 Å². The van der Waals surface area contributed by atoms with Gasteiger partial charge in [0.2, 0.25) is 0 Å². The summed E-state index contributed by atoms with van der Waals surface area (Å²) in [7, 11) is 1.97. The number of thiocarbonyl (C=S) groups is 1. The second kappa shape index (κ2) is 7.11. The Bertz CT molecular complexity index is 1380. The van der Waals surface area contributed by atoms with Crippen molar-refractivity contribution < 1.29 is 0 Å². The number of aromatic nitrogens is 2. The van der Waals surface area contributed by atoms with E-state index in [4.69, 9.17) is 12.2 Å². The van der Waals surface area contributed by atoms with Crippen molar-refractivity contribution >= 4 is 61.3 Å². The highest BCUT2D eigenvalue weighted by atomic mass is 32.1. The molecule has 2 heterocycles. The number of rotatable bonds is 2. The zero-order valence-electron chi connectivity index (χ0n) is 15.8. The van der Waals surface area contributed by atoms with Crippen LogP contribution in [0.1, 0.15) is 0 Å². The van der Waals surface area contributed by atoms with Crippen LogP contribution in [0.5, 0.6) is 0 Å². The largest absolute Gasteiger partial charge is 0.330 e. The maximum absolute atomic E-state index is 5.72. The molecule has 5 heteroatoms. The normalized spacial score (nSPS) is 11.1. The predicted molar refractivity (Wildman–Crippen MR) is 126 cm³/mol. The molecule has 140 valence electrons. The average molecular weight is 395 g/mol. The van der Waals surface area contributed by atoms with E-state index >= 15 is 0 Å². The van der Waals surface area contributed by atoms with Gasteiger partial charge in [-0.1, -0.05) is 36.4 Å². The first-order valence-corrected chi connectivity index (χ1v) is 9.77. The summed E-state index contributed by atoms with van der Waals surface area (Å²) in [4.78, 5) is 11.1. The summed E-state index contributed by atoms with van der Waals surface area (Å²) >= 11 is 5.72. The molecule has 0 amide bonds. The van der Waals surface area contributed by atoms with E-state index in [2.05, 4.69) is 57.7 Å². The second-order valence-electron chi connectivity index (χ2n) is 6.92. The number of hydrogen-bond donors (Lipinski definition) is 1. The van der Waals surface area contributed by atoms with Crippen molar-refractivity contribution in [2.24, 2.45) is 0 Å². The number of fused-ring (bicyclic) bond motifs is 4. The number of benzene rings is 3. The number of hydrogen-bond acceptors (Lipinski definition) is 3. The van der Waals surface area contributed by atoms with E-state index < -0.39 is 0 Å². The maximum Gasteiger partial charge on any atom is 0.177 e. The highest BCUT2D eigenvalue weighted by Gasteiger charge is 2.13. The van der Waals surface area contributed by atoms with Crippen LogP contribution >= 0.6 is 12.2 Å². The molecule has 0 aliphatic carbocycles. The summed E-state index contributed by atoms with van der Waals surface area (Å²) in [5.74, 6) is 0. The molecular formula is C24H18N4S. The Morgan fingerprint density at radius 2 is 1.52 bits per heavy atom. The van der Waals surface area contributed by atoms with Crippen LogP contribution < -0.4 is 10.2 Å². The van der Waals surface area contributed by atoms with Gasteiger partial charge in [0.15, 0.2) is 5.11 Å². The standard InChI is InChI=1S/C24H18N4S/c1-28(19-11-10-16-6-2-3-7-17(16)14-19)24(29)27-21-15-18-8-4-12-25-22(18)20-9-5-13-26-23(20)21/h2-15H,1H3,(H,27,29). The van der Waals surface area contributed by atoms with Crippen molar-refractivity contribution in [2.45, 2.75) is 0 Å². The molecule has 0 bridgehead atoms. The molecule has 0 unspecified atom stereocenters. The number of pyridine rings is 2. The fourth-order valence-electron chi connectivity index (χ4n) is 3.59. The monoisotopic (exact) mass is 394 g/mol. The first-order valence-electron chi connectivity index (χ1n) is 9.37. The van der Waals surface area contributed by atoms with E-state index in [0.717, 1.165) is 33.2 Å². The summed E-state index contributed by atoms with van der Waals surface area (Å²) in [6.07, 6.45) is 3.60. The van der Waals surface area contributed by atoms with Crippen LogP contribution in [0.25, 0.3) is 32.6 Å². The van der Waals surface area contributed by atoms with Gasteiger partial charge >= 0.3 is 0 Å². The summed E-state index contributed by atoms with van der Waals surface area (Å²) in [6.45, 7) is 0. The van der Waals surface area contributed by atoms with Crippen LogP contribution in [0.3, 0.4) is 0 Å². The lowest BCUT2D eigenvalue weighted by Gasteiger charge is -2.22. The van der Waals surface area contributed by atoms with E-state index in [0.29, 0.717) is 5.11 Å². The SMILES string of the molecule is CN(C(=S)Nc1cc2cccnc2c2cccnc12)c1ccc2ccccc2c1. The van der Waals surface area contributed by atoms with E-state index in [1.165, 1.54) is 10.8 Å². The molecule has 5 rings (SSSR count). The molecule has 0 fully saturated rings. The van der Waals surface area contributed by atoms with Crippen LogP contribution in [-0.2, 0) is 0 Å². The highest BCUT2D eigenvalue weighted by Crippen LogP contribution is 2.30. The average Bonchev–Trinajstić information content (AvgIpc) is 2.78. The maximum atomic E-state index is 5.72. The van der Waals surface area contributed by atoms with E-state index in [1.54, 1.807) is 12.4 Å². The Hall–Kier alpha value is -3.57. The summed E-state index contributed by atoms with van der Waals surface area (Å²) in [6, 6.07) is 24.7. The number of anilines is 2. The van der Waals surface area contributed by atoms with Gasteiger partial charge in [-0.05, 0) is 59.4 Å². The van der Waals surface area contributed by atoms with Gasteiger partial charge in [-0.2, -0.15) is 0 Å². The Morgan fingerprint density at radius 1 is 0.793 bits per heavy atom. The van der Waals surface area contributed by atoms with Crippen LogP contribution in [0.15, 0.2) is 85.2 Å². The Kier molecular flexibility index (Phi) is 4.30. The molecule has 0 saturated carbocycles. The first kappa shape index (κ1) is 17.5. The zero-order valence-corrected chi connectivity index (χ0v) is 16.6. The molecule has 2 aromatic heterocycles.